The molecule has 0 saturated carbocycles. The molecule has 3 amide bonds. The zero-order chi connectivity index (χ0) is 20.6. The number of amides is 3. The van der Waals surface area contributed by atoms with Crippen LogP contribution in [0.2, 0.25) is 0 Å². The standard InChI is InChI=1S/C21H29N3O4S.K/c1-2-19(25)24-11-9-16(10-12-24)29(27,28)23-21(26)22-20-17-7-3-5-14(17)13-15-6-4-8-18(15)20;/h13,16H,2-12H2,1H3,(H2,22,23,26);. The van der Waals surface area contributed by atoms with Crippen LogP contribution in [-0.2, 0) is 40.5 Å². The van der Waals surface area contributed by atoms with Gasteiger partial charge in [-0.2, -0.15) is 0 Å². The quantitative estimate of drug-likeness (QED) is 0.676. The molecular weight excluding hydrogens is 429 g/mol. The number of nitrogens with one attached hydrogen (secondary N) is 2. The van der Waals surface area contributed by atoms with E-state index in [1.54, 1.807) is 11.8 Å². The molecule has 9 heteroatoms. The first-order valence-corrected chi connectivity index (χ1v) is 12.2. The summed E-state index contributed by atoms with van der Waals surface area (Å²) in [6.45, 7) is 2.63. The monoisotopic (exact) mass is 458 g/mol. The van der Waals surface area contributed by atoms with E-state index in [0.717, 1.165) is 44.2 Å². The average molecular weight is 459 g/mol. The average Bonchev–Trinajstić information content (AvgIpc) is 3.36. The minimum absolute atomic E-state index is 0. The number of carbonyl (C=O) groups excluding carboxylic acids is 2. The van der Waals surface area contributed by atoms with Gasteiger partial charge in [0.05, 0.1) is 5.25 Å². The molecule has 1 aromatic rings. The summed E-state index contributed by atoms with van der Waals surface area (Å²) in [4.78, 5) is 26.1. The van der Waals surface area contributed by atoms with Gasteiger partial charge in [0.25, 0.3) is 0 Å². The zero-order valence-electron chi connectivity index (χ0n) is 17.9. The third-order valence-electron chi connectivity index (χ3n) is 6.48. The largest absolute Gasteiger partial charge is 0.343 e. The fraction of sp³-hybridized carbons (Fsp3) is 0.619. The molecule has 1 heterocycles. The van der Waals surface area contributed by atoms with E-state index in [-0.39, 0.29) is 57.3 Å². The van der Waals surface area contributed by atoms with Crippen LogP contribution < -0.4 is 10.0 Å². The van der Waals surface area contributed by atoms with Crippen LogP contribution in [0.1, 0.15) is 61.3 Å². The van der Waals surface area contributed by atoms with Gasteiger partial charge in [-0.05, 0) is 73.6 Å². The van der Waals surface area contributed by atoms with Gasteiger partial charge in [0.15, 0.2) is 0 Å². The van der Waals surface area contributed by atoms with Gasteiger partial charge in [-0.25, -0.2) is 17.9 Å². The van der Waals surface area contributed by atoms with E-state index in [9.17, 15) is 18.0 Å². The fourth-order valence-corrected chi connectivity index (χ4v) is 6.27. The summed E-state index contributed by atoms with van der Waals surface area (Å²) in [5, 5.41) is 2.23. The molecule has 0 bridgehead atoms. The summed E-state index contributed by atoms with van der Waals surface area (Å²) >= 11 is 0. The molecule has 4 rings (SSSR count). The number of benzene rings is 1. The summed E-state index contributed by atoms with van der Waals surface area (Å²) in [6.07, 6.45) is 7.16. The zero-order valence-corrected chi connectivity index (χ0v) is 21.9. The van der Waals surface area contributed by atoms with Gasteiger partial charge in [0.2, 0.25) is 15.9 Å². The van der Waals surface area contributed by atoms with Gasteiger partial charge in [-0.3, -0.25) is 4.79 Å². The minimum atomic E-state index is -3.79. The second-order valence-corrected chi connectivity index (χ2v) is 10.2. The van der Waals surface area contributed by atoms with Crippen molar-refractivity contribution in [2.75, 3.05) is 18.4 Å². The van der Waals surface area contributed by atoms with Crippen LogP contribution in [0.3, 0.4) is 0 Å². The summed E-state index contributed by atoms with van der Waals surface area (Å²) in [5.74, 6) is 0.0401. The number of rotatable bonds is 4. The number of sulfonamides is 1. The summed E-state index contributed by atoms with van der Waals surface area (Å²) in [5.41, 5.74) is 5.76. The number of likely N-dealkylation sites (tertiary alicyclic amines) is 1. The molecule has 1 aromatic carbocycles. The number of nitrogens with zero attached hydrogens (tertiary/aromatic N) is 1. The van der Waals surface area contributed by atoms with E-state index < -0.39 is 21.3 Å². The first kappa shape index (κ1) is 24.2. The van der Waals surface area contributed by atoms with Crippen molar-refractivity contribution in [1.82, 2.24) is 9.62 Å². The predicted octanol–water partition coefficient (Wildman–Crippen LogP) is 2.14. The predicted molar refractivity (Wildman–Crippen MR) is 117 cm³/mol. The molecule has 1 fully saturated rings. The molecule has 0 unspecified atom stereocenters. The Hall–Kier alpha value is -0.454. The van der Waals surface area contributed by atoms with Crippen molar-refractivity contribution in [3.05, 3.63) is 28.3 Å². The van der Waals surface area contributed by atoms with Crippen LogP contribution in [-0.4, -0.2) is 95.0 Å². The Balaban J connectivity index is 0.00000256. The summed E-state index contributed by atoms with van der Waals surface area (Å²) in [7, 11) is -3.79. The van der Waals surface area contributed by atoms with Gasteiger partial charge in [0.1, 0.15) is 0 Å². The van der Waals surface area contributed by atoms with Gasteiger partial charge >= 0.3 is 6.03 Å². The van der Waals surface area contributed by atoms with Gasteiger partial charge in [-0.15, -0.1) is 0 Å². The Labute approximate surface area is 221 Å². The van der Waals surface area contributed by atoms with E-state index in [0.29, 0.717) is 32.4 Å². The van der Waals surface area contributed by atoms with Crippen LogP contribution in [0.5, 0.6) is 0 Å². The molecule has 2 aliphatic carbocycles. The molecule has 0 spiro atoms. The van der Waals surface area contributed by atoms with Crippen molar-refractivity contribution in [2.24, 2.45) is 0 Å². The SMILES string of the molecule is CCC(=O)N1CCC(S(=O)(=O)NC(=O)Nc2c3c(cc4c2CCC4)CCC3)CC1.[K]. The molecule has 1 aliphatic heterocycles. The molecule has 0 aromatic heterocycles. The Morgan fingerprint density at radius 1 is 1.03 bits per heavy atom. The number of aryl methyl sites for hydroxylation is 2. The van der Waals surface area contributed by atoms with Crippen molar-refractivity contribution >= 4 is 79.0 Å². The van der Waals surface area contributed by atoms with Crippen molar-refractivity contribution in [3.8, 4) is 0 Å². The first-order chi connectivity index (χ1) is 13.9. The normalized spacial score (nSPS) is 18.4. The second-order valence-electron chi connectivity index (χ2n) is 8.27. The maximum atomic E-state index is 12.7. The number of anilines is 1. The number of carbonyl (C=O) groups is 2. The van der Waals surface area contributed by atoms with E-state index >= 15 is 0 Å². The first-order valence-electron chi connectivity index (χ1n) is 10.7. The van der Waals surface area contributed by atoms with E-state index in [4.69, 9.17) is 0 Å². The van der Waals surface area contributed by atoms with Gasteiger partial charge in [0, 0.05) is 76.6 Å². The Morgan fingerprint density at radius 3 is 2.13 bits per heavy atom. The summed E-state index contributed by atoms with van der Waals surface area (Å²) < 4.78 is 27.7. The fourth-order valence-electron chi connectivity index (χ4n) is 4.96. The number of urea groups is 1. The maximum absolute atomic E-state index is 12.7. The number of hydrogen-bond acceptors (Lipinski definition) is 4. The molecule has 7 nitrogen and oxygen atoms in total. The van der Waals surface area contributed by atoms with Crippen molar-refractivity contribution in [2.45, 2.75) is 70.0 Å². The molecule has 0 atom stereocenters. The van der Waals surface area contributed by atoms with Gasteiger partial charge < -0.3 is 10.2 Å². The number of fused-ring (bicyclic) bond motifs is 2. The topological polar surface area (TPSA) is 95.6 Å². The smallest absolute Gasteiger partial charge is 0.332 e. The number of hydrogen-bond donors (Lipinski definition) is 2. The molecular formula is C21H29KN3O4S. The molecule has 30 heavy (non-hydrogen) atoms. The van der Waals surface area contributed by atoms with Crippen LogP contribution in [0.4, 0.5) is 10.5 Å². The van der Waals surface area contributed by atoms with E-state index in [2.05, 4.69) is 16.1 Å². The Morgan fingerprint density at radius 2 is 1.60 bits per heavy atom. The van der Waals surface area contributed by atoms with Crippen molar-refractivity contribution in [1.29, 1.82) is 0 Å². The minimum Gasteiger partial charge on any atom is -0.343 e. The summed E-state index contributed by atoms with van der Waals surface area (Å²) in [6, 6.07) is 1.60. The van der Waals surface area contributed by atoms with Crippen LogP contribution >= 0.6 is 0 Å². The van der Waals surface area contributed by atoms with Crippen molar-refractivity contribution in [3.63, 3.8) is 0 Å². The van der Waals surface area contributed by atoms with Gasteiger partial charge in [-0.1, -0.05) is 13.0 Å². The molecule has 1 radical (unpaired) electrons. The molecule has 2 N–H and O–H groups in total. The second kappa shape index (κ2) is 10.00. The molecule has 1 saturated heterocycles. The van der Waals surface area contributed by atoms with E-state index in [1.165, 1.54) is 22.3 Å². The van der Waals surface area contributed by atoms with Crippen molar-refractivity contribution < 1.29 is 18.0 Å². The maximum Gasteiger partial charge on any atom is 0.332 e. The number of piperidine rings is 1. The van der Waals surface area contributed by atoms with Crippen LogP contribution in [0.25, 0.3) is 0 Å². The molecule has 159 valence electrons. The third-order valence-corrected chi connectivity index (χ3v) is 8.30. The molecule has 3 aliphatic rings. The van der Waals surface area contributed by atoms with Crippen LogP contribution in [0, 0.1) is 0 Å². The third kappa shape index (κ3) is 4.96. The Kier molecular flexibility index (Phi) is 8.06. The van der Waals surface area contributed by atoms with E-state index in [1.807, 2.05) is 0 Å². The van der Waals surface area contributed by atoms with Crippen LogP contribution in [0.15, 0.2) is 6.07 Å². The Bertz CT molecular complexity index is 908.